The van der Waals surface area contributed by atoms with E-state index in [-0.39, 0.29) is 5.75 Å². The lowest BCUT2D eigenvalue weighted by molar-refractivity contribution is 0.0185. The smallest absolute Gasteiger partial charge is 0.227 e. The molecule has 7 heteroatoms. The largest absolute Gasteiger partial charge is 0.435 e. The number of hydrogen-bond donors (Lipinski definition) is 1. The Bertz CT molecular complexity index is 1050. The average Bonchev–Trinajstić information content (AvgIpc) is 3.60. The van der Waals surface area contributed by atoms with Gasteiger partial charge in [-0.3, -0.25) is 4.90 Å². The summed E-state index contributed by atoms with van der Waals surface area (Å²) in [5.74, 6) is 0.889. The molecule has 1 atom stereocenters. The zero-order chi connectivity index (χ0) is 23.9. The zero-order valence-corrected chi connectivity index (χ0v) is 20.0. The van der Waals surface area contributed by atoms with Crippen LogP contribution in [0.2, 0.25) is 0 Å². The minimum atomic E-state index is -0.580. The van der Waals surface area contributed by atoms with Gasteiger partial charge in [-0.1, -0.05) is 37.3 Å². The number of hydrogen-bond acceptors (Lipinski definition) is 5. The van der Waals surface area contributed by atoms with Crippen molar-refractivity contribution in [3.63, 3.8) is 0 Å². The van der Waals surface area contributed by atoms with Crippen molar-refractivity contribution in [1.29, 1.82) is 0 Å². The quantitative estimate of drug-likeness (QED) is 0.384. The summed E-state index contributed by atoms with van der Waals surface area (Å²) in [7, 11) is 0. The molecule has 4 rings (SSSR count). The number of benzene rings is 2. The third-order valence-corrected chi connectivity index (χ3v) is 5.98. The Morgan fingerprint density at radius 3 is 2.53 bits per heavy atom. The van der Waals surface area contributed by atoms with Crippen molar-refractivity contribution in [2.24, 2.45) is 5.92 Å². The number of ether oxygens (including phenoxy) is 2. The van der Waals surface area contributed by atoms with E-state index < -0.39 is 11.9 Å². The Kier molecular flexibility index (Phi) is 8.32. The summed E-state index contributed by atoms with van der Waals surface area (Å²) in [5, 5.41) is 15.4. The Balaban J connectivity index is 1.70. The minimum Gasteiger partial charge on any atom is -0.435 e. The van der Waals surface area contributed by atoms with E-state index in [4.69, 9.17) is 14.6 Å². The number of aliphatic hydroxyl groups is 1. The molecule has 2 aromatic carbocycles. The molecule has 1 aliphatic rings. The fourth-order valence-corrected chi connectivity index (χ4v) is 4.10. The van der Waals surface area contributed by atoms with E-state index in [1.54, 1.807) is 22.9 Å². The molecule has 6 nitrogen and oxygen atoms in total. The van der Waals surface area contributed by atoms with Gasteiger partial charge >= 0.3 is 0 Å². The van der Waals surface area contributed by atoms with Crippen molar-refractivity contribution in [3.8, 4) is 17.3 Å². The van der Waals surface area contributed by atoms with Crippen molar-refractivity contribution in [2.75, 3.05) is 26.3 Å². The van der Waals surface area contributed by atoms with Gasteiger partial charge in [0.25, 0.3) is 0 Å². The van der Waals surface area contributed by atoms with Crippen LogP contribution in [0.15, 0.2) is 54.6 Å². The normalized spacial score (nSPS) is 14.5. The lowest BCUT2D eigenvalue weighted by Gasteiger charge is -2.25. The fraction of sp³-hybridized carbons (Fsp3) is 0.444. The fourth-order valence-electron chi connectivity index (χ4n) is 4.10. The molecule has 182 valence electrons. The maximum Gasteiger partial charge on any atom is 0.227 e. The first-order chi connectivity index (χ1) is 16.6. The summed E-state index contributed by atoms with van der Waals surface area (Å²) in [6.07, 6.45) is 2.55. The standard InChI is InChI=1S/C27H34FN3O3/c1-3-25-23(18-30(16-20-14-15-20)17-22(32)19-33-4-2)27(34-26-13-9-8-12-24(26)28)31(29-25)21-10-6-5-7-11-21/h5-13,20,22,32H,3-4,14-19H2,1-2H3. The van der Waals surface area contributed by atoms with Crippen LogP contribution in [-0.2, 0) is 17.7 Å². The van der Waals surface area contributed by atoms with Crippen LogP contribution in [0.25, 0.3) is 5.69 Å². The number of aryl methyl sites for hydroxylation is 1. The molecule has 1 aromatic heterocycles. The molecule has 0 aliphatic heterocycles. The molecule has 1 saturated carbocycles. The van der Waals surface area contributed by atoms with Gasteiger partial charge in [0.05, 0.1) is 29.7 Å². The van der Waals surface area contributed by atoms with Crippen LogP contribution in [0.3, 0.4) is 0 Å². The minimum absolute atomic E-state index is 0.161. The number of nitrogens with zero attached hydrogens (tertiary/aromatic N) is 3. The summed E-state index contributed by atoms with van der Waals surface area (Å²) in [6, 6.07) is 16.2. The third kappa shape index (κ3) is 6.23. The highest BCUT2D eigenvalue weighted by molar-refractivity contribution is 5.44. The molecule has 34 heavy (non-hydrogen) atoms. The number of halogens is 1. The van der Waals surface area contributed by atoms with Gasteiger partial charge in [-0.05, 0) is 56.4 Å². The lowest BCUT2D eigenvalue weighted by atomic mass is 10.1. The maximum absolute atomic E-state index is 14.6. The topological polar surface area (TPSA) is 59.8 Å². The van der Waals surface area contributed by atoms with Crippen LogP contribution in [0.1, 0.15) is 37.9 Å². The molecule has 3 aromatic rings. The van der Waals surface area contributed by atoms with E-state index in [0.717, 1.165) is 23.5 Å². The van der Waals surface area contributed by atoms with Crippen LogP contribution in [0.5, 0.6) is 11.6 Å². The zero-order valence-electron chi connectivity index (χ0n) is 20.0. The van der Waals surface area contributed by atoms with Gasteiger partial charge in [-0.25, -0.2) is 9.07 Å². The molecule has 0 saturated heterocycles. The second-order valence-electron chi connectivity index (χ2n) is 8.81. The number of aliphatic hydroxyl groups excluding tert-OH is 1. The lowest BCUT2D eigenvalue weighted by Crippen LogP contribution is -2.36. The highest BCUT2D eigenvalue weighted by atomic mass is 19.1. The second-order valence-corrected chi connectivity index (χ2v) is 8.81. The highest BCUT2D eigenvalue weighted by Gasteiger charge is 2.29. The Labute approximate surface area is 200 Å². The van der Waals surface area contributed by atoms with E-state index in [2.05, 4.69) is 11.8 Å². The molecule has 1 fully saturated rings. The van der Waals surface area contributed by atoms with Gasteiger partial charge in [-0.2, -0.15) is 5.10 Å². The van der Waals surface area contributed by atoms with Gasteiger partial charge < -0.3 is 14.6 Å². The van der Waals surface area contributed by atoms with Gasteiger partial charge in [0.15, 0.2) is 11.6 Å². The third-order valence-electron chi connectivity index (χ3n) is 5.98. The first-order valence-electron chi connectivity index (χ1n) is 12.2. The summed E-state index contributed by atoms with van der Waals surface area (Å²) in [4.78, 5) is 2.25. The molecular formula is C27H34FN3O3. The van der Waals surface area contributed by atoms with Crippen LogP contribution in [-0.4, -0.2) is 52.2 Å². The predicted molar refractivity (Wildman–Crippen MR) is 130 cm³/mol. The van der Waals surface area contributed by atoms with E-state index >= 15 is 0 Å². The molecular weight excluding hydrogens is 433 g/mol. The van der Waals surface area contributed by atoms with Crippen LogP contribution >= 0.6 is 0 Å². The Morgan fingerprint density at radius 2 is 1.85 bits per heavy atom. The first kappa shape index (κ1) is 24.4. The Hall–Kier alpha value is -2.74. The van der Waals surface area contributed by atoms with Gasteiger partial charge in [0.1, 0.15) is 0 Å². The van der Waals surface area contributed by atoms with Crippen LogP contribution < -0.4 is 4.74 Å². The van der Waals surface area contributed by atoms with Gasteiger partial charge in [0, 0.05) is 26.2 Å². The molecule has 0 bridgehead atoms. The molecule has 0 amide bonds. The predicted octanol–water partition coefficient (Wildman–Crippen LogP) is 4.98. The van der Waals surface area contributed by atoms with Crippen molar-refractivity contribution >= 4 is 0 Å². The van der Waals surface area contributed by atoms with Gasteiger partial charge in [-0.15, -0.1) is 0 Å². The van der Waals surface area contributed by atoms with Gasteiger partial charge in [0.2, 0.25) is 5.88 Å². The molecule has 1 unspecified atom stereocenters. The molecule has 0 radical (unpaired) electrons. The van der Waals surface area contributed by atoms with E-state index in [9.17, 15) is 9.50 Å². The SMILES string of the molecule is CCOCC(O)CN(Cc1c(CC)nn(-c2ccccc2)c1Oc1ccccc1F)CC1CC1. The summed E-state index contributed by atoms with van der Waals surface area (Å²) in [5.41, 5.74) is 2.66. The van der Waals surface area contributed by atoms with E-state index in [0.29, 0.717) is 44.5 Å². The average molecular weight is 468 g/mol. The number of rotatable bonds is 13. The second kappa shape index (κ2) is 11.6. The van der Waals surface area contributed by atoms with Crippen molar-refractivity contribution in [2.45, 2.75) is 45.8 Å². The molecule has 1 heterocycles. The first-order valence-corrected chi connectivity index (χ1v) is 12.2. The monoisotopic (exact) mass is 467 g/mol. The van der Waals surface area contributed by atoms with Crippen molar-refractivity contribution in [1.82, 2.24) is 14.7 Å². The maximum atomic E-state index is 14.6. The highest BCUT2D eigenvalue weighted by Crippen LogP contribution is 2.35. The Morgan fingerprint density at radius 1 is 1.12 bits per heavy atom. The molecule has 1 aliphatic carbocycles. The van der Waals surface area contributed by atoms with E-state index in [1.807, 2.05) is 37.3 Å². The number of aromatic nitrogens is 2. The van der Waals surface area contributed by atoms with Crippen LogP contribution in [0, 0.1) is 11.7 Å². The van der Waals surface area contributed by atoms with Crippen molar-refractivity contribution in [3.05, 3.63) is 71.7 Å². The number of para-hydroxylation sites is 2. The van der Waals surface area contributed by atoms with Crippen molar-refractivity contribution < 1.29 is 19.0 Å². The molecule has 1 N–H and O–H groups in total. The summed E-state index contributed by atoms with van der Waals surface area (Å²) in [6.45, 7) is 6.80. The van der Waals surface area contributed by atoms with Crippen LogP contribution in [0.4, 0.5) is 4.39 Å². The summed E-state index contributed by atoms with van der Waals surface area (Å²) >= 11 is 0. The summed E-state index contributed by atoms with van der Waals surface area (Å²) < 4.78 is 27.9. The van der Waals surface area contributed by atoms with E-state index in [1.165, 1.54) is 18.9 Å². The molecule has 0 spiro atoms.